The maximum atomic E-state index is 13.7. The number of carbonyl (C=O) groups excluding carboxylic acids is 2. The number of aliphatic carboxylic acids is 1. The molecular formula is C27H24FN2O3-. The fourth-order valence-electron chi connectivity index (χ4n) is 6.40. The van der Waals surface area contributed by atoms with Gasteiger partial charge in [-0.2, -0.15) is 0 Å². The van der Waals surface area contributed by atoms with E-state index in [1.165, 1.54) is 17.8 Å². The highest BCUT2D eigenvalue weighted by atomic mass is 19.1. The number of amides is 1. The summed E-state index contributed by atoms with van der Waals surface area (Å²) in [6.07, 6.45) is 10.8. The molecule has 2 heterocycles. The number of hydrogen-bond donors (Lipinski definition) is 1. The van der Waals surface area contributed by atoms with Crippen molar-refractivity contribution in [3.8, 4) is 0 Å². The van der Waals surface area contributed by atoms with Crippen LogP contribution in [0.5, 0.6) is 0 Å². The standard InChI is InChI=1S/C27H25FN2O3/c28-18-9-7-15(8-10-18)25-21-6-2-5-20(21)23-12-17(27(33)29-13-24(31)32)11-22-19-4-1-3-16(19)14-30(25)26(22)23/h1-2,4-5,7-12,16,19-21,25H,3,6,13-14H2,(H,29,33)(H,31,32)/p-1/t16-,19+,20+,21-,25+/m1/s1. The molecule has 0 fully saturated rings. The van der Waals surface area contributed by atoms with Crippen molar-refractivity contribution < 1.29 is 19.1 Å². The second kappa shape index (κ2) is 7.58. The van der Waals surface area contributed by atoms with Gasteiger partial charge in [-0.25, -0.2) is 4.39 Å². The van der Waals surface area contributed by atoms with E-state index in [9.17, 15) is 19.1 Å². The van der Waals surface area contributed by atoms with E-state index in [1.54, 1.807) is 0 Å². The predicted octanol–water partition coefficient (Wildman–Crippen LogP) is 3.20. The highest BCUT2D eigenvalue weighted by molar-refractivity contribution is 5.97. The van der Waals surface area contributed by atoms with Crippen molar-refractivity contribution in [1.82, 2.24) is 5.32 Å². The molecule has 1 amide bonds. The molecule has 5 nitrogen and oxygen atoms in total. The van der Waals surface area contributed by atoms with Crippen molar-refractivity contribution in [2.75, 3.05) is 18.0 Å². The Morgan fingerprint density at radius 2 is 1.73 bits per heavy atom. The molecule has 5 atom stereocenters. The molecule has 0 spiro atoms. The summed E-state index contributed by atoms with van der Waals surface area (Å²) in [6, 6.07) is 10.9. The second-order valence-corrected chi connectivity index (χ2v) is 9.51. The zero-order valence-corrected chi connectivity index (χ0v) is 18.0. The van der Waals surface area contributed by atoms with Gasteiger partial charge < -0.3 is 20.1 Å². The summed E-state index contributed by atoms with van der Waals surface area (Å²) < 4.78 is 13.7. The third-order valence-corrected chi connectivity index (χ3v) is 7.72. The molecule has 2 aromatic rings. The molecule has 4 aliphatic rings. The van der Waals surface area contributed by atoms with E-state index in [4.69, 9.17) is 0 Å². The van der Waals surface area contributed by atoms with Crippen LogP contribution in [-0.4, -0.2) is 25.0 Å². The molecule has 0 bridgehead atoms. The average Bonchev–Trinajstić information content (AvgIpc) is 3.48. The van der Waals surface area contributed by atoms with E-state index in [0.717, 1.165) is 36.1 Å². The van der Waals surface area contributed by atoms with Crippen LogP contribution in [0, 0.1) is 17.7 Å². The van der Waals surface area contributed by atoms with Crippen LogP contribution >= 0.6 is 0 Å². The Kier molecular flexibility index (Phi) is 4.64. The minimum absolute atomic E-state index is 0.135. The largest absolute Gasteiger partial charge is 0.548 e. The lowest BCUT2D eigenvalue weighted by molar-refractivity contribution is -0.303. The van der Waals surface area contributed by atoms with E-state index in [2.05, 4.69) is 34.5 Å². The summed E-state index contributed by atoms with van der Waals surface area (Å²) in [5.41, 5.74) is 5.04. The Labute approximate surface area is 191 Å². The van der Waals surface area contributed by atoms with Gasteiger partial charge in [0.25, 0.3) is 5.91 Å². The summed E-state index contributed by atoms with van der Waals surface area (Å²) in [5, 5.41) is 13.3. The maximum Gasteiger partial charge on any atom is 0.251 e. The number of rotatable bonds is 4. The van der Waals surface area contributed by atoms with Crippen LogP contribution in [0.2, 0.25) is 0 Å². The zero-order chi connectivity index (χ0) is 22.7. The van der Waals surface area contributed by atoms with Crippen molar-refractivity contribution in [3.05, 3.63) is 88.8 Å². The van der Waals surface area contributed by atoms with Gasteiger partial charge in [-0.15, -0.1) is 0 Å². The Morgan fingerprint density at radius 1 is 1.03 bits per heavy atom. The van der Waals surface area contributed by atoms with Crippen molar-refractivity contribution in [1.29, 1.82) is 0 Å². The molecule has 0 unspecified atom stereocenters. The maximum absolute atomic E-state index is 13.7. The third kappa shape index (κ3) is 3.19. The number of allylic oxidation sites excluding steroid dienone is 4. The van der Waals surface area contributed by atoms with Crippen molar-refractivity contribution >= 4 is 17.6 Å². The Morgan fingerprint density at radius 3 is 2.48 bits per heavy atom. The van der Waals surface area contributed by atoms with Crippen LogP contribution in [0.3, 0.4) is 0 Å². The number of nitrogens with zero attached hydrogens (tertiary/aromatic N) is 1. The van der Waals surface area contributed by atoms with Gasteiger partial charge in [-0.3, -0.25) is 4.79 Å². The molecule has 0 aromatic heterocycles. The smallest absolute Gasteiger partial charge is 0.251 e. The van der Waals surface area contributed by atoms with Gasteiger partial charge in [0.15, 0.2) is 0 Å². The second-order valence-electron chi connectivity index (χ2n) is 9.51. The lowest BCUT2D eigenvalue weighted by Gasteiger charge is -2.51. The van der Waals surface area contributed by atoms with Gasteiger partial charge in [0.05, 0.1) is 18.6 Å². The fourth-order valence-corrected chi connectivity index (χ4v) is 6.40. The van der Waals surface area contributed by atoms with Crippen molar-refractivity contribution in [3.63, 3.8) is 0 Å². The van der Waals surface area contributed by atoms with Crippen LogP contribution in [0.25, 0.3) is 0 Å². The molecule has 2 aliphatic carbocycles. The SMILES string of the molecule is O=C([O-])CNC(=O)c1cc2c3c(c1)[C@H]1C=CC[C@H]1[C@H](c1ccc(F)cc1)N3C[C@H]1CC=C[C@H]21. The zero-order valence-electron chi connectivity index (χ0n) is 18.0. The minimum atomic E-state index is -1.31. The van der Waals surface area contributed by atoms with Gasteiger partial charge in [-0.1, -0.05) is 36.4 Å². The molecule has 0 saturated carbocycles. The average molecular weight is 443 g/mol. The van der Waals surface area contributed by atoms with Crippen LogP contribution in [0.1, 0.15) is 57.8 Å². The van der Waals surface area contributed by atoms with Gasteiger partial charge in [0, 0.05) is 29.6 Å². The molecule has 6 heteroatoms. The first kappa shape index (κ1) is 20.2. The number of carbonyl (C=O) groups is 2. The Bertz CT molecular complexity index is 1190. The molecule has 6 rings (SSSR count). The fraction of sp³-hybridized carbons (Fsp3) is 0.333. The van der Waals surface area contributed by atoms with E-state index in [1.807, 2.05) is 24.3 Å². The van der Waals surface area contributed by atoms with E-state index in [-0.39, 0.29) is 23.7 Å². The number of nitrogens with one attached hydrogen (secondary N) is 1. The summed E-state index contributed by atoms with van der Waals surface area (Å²) in [6.45, 7) is 0.404. The topological polar surface area (TPSA) is 72.5 Å². The van der Waals surface area contributed by atoms with Gasteiger partial charge >= 0.3 is 0 Å². The number of carboxylic acid groups (broad SMARTS) is 1. The lowest BCUT2D eigenvalue weighted by atomic mass is 9.70. The van der Waals surface area contributed by atoms with Crippen LogP contribution in [0.15, 0.2) is 60.7 Å². The molecule has 1 N–H and O–H groups in total. The molecule has 0 radical (unpaired) electrons. The first-order valence-electron chi connectivity index (χ1n) is 11.5. The van der Waals surface area contributed by atoms with Crippen molar-refractivity contribution in [2.45, 2.75) is 30.7 Å². The first-order valence-corrected chi connectivity index (χ1v) is 11.5. The quantitative estimate of drug-likeness (QED) is 0.737. The van der Waals surface area contributed by atoms with Crippen LogP contribution < -0.4 is 15.3 Å². The predicted molar refractivity (Wildman–Crippen MR) is 120 cm³/mol. The molecule has 2 aromatic carbocycles. The van der Waals surface area contributed by atoms with Crippen LogP contribution in [-0.2, 0) is 4.79 Å². The van der Waals surface area contributed by atoms with Crippen LogP contribution in [0.4, 0.5) is 10.1 Å². The number of halogens is 1. The highest BCUT2D eigenvalue weighted by Crippen LogP contribution is 2.58. The number of anilines is 1. The Hall–Kier alpha value is -3.41. The summed E-state index contributed by atoms with van der Waals surface area (Å²) in [7, 11) is 0. The Balaban J connectivity index is 1.51. The van der Waals surface area contributed by atoms with E-state index in [0.29, 0.717) is 17.4 Å². The van der Waals surface area contributed by atoms with Crippen molar-refractivity contribution in [2.24, 2.45) is 11.8 Å². The molecular weight excluding hydrogens is 419 g/mol. The third-order valence-electron chi connectivity index (χ3n) is 7.72. The summed E-state index contributed by atoms with van der Waals surface area (Å²) in [5.74, 6) is -0.839. The van der Waals surface area contributed by atoms with E-state index >= 15 is 0 Å². The highest BCUT2D eigenvalue weighted by Gasteiger charge is 2.48. The number of hydrogen-bond acceptors (Lipinski definition) is 4. The van der Waals surface area contributed by atoms with E-state index < -0.39 is 18.4 Å². The van der Waals surface area contributed by atoms with Gasteiger partial charge in [-0.05, 0) is 65.6 Å². The lowest BCUT2D eigenvalue weighted by Crippen LogP contribution is -2.46. The molecule has 0 saturated heterocycles. The first-order chi connectivity index (χ1) is 16.0. The number of fused-ring (bicyclic) bond motifs is 4. The molecule has 33 heavy (non-hydrogen) atoms. The molecule has 2 aliphatic heterocycles. The minimum Gasteiger partial charge on any atom is -0.548 e. The van der Waals surface area contributed by atoms with Gasteiger partial charge in [0.2, 0.25) is 0 Å². The number of carboxylic acids is 1. The number of benzene rings is 2. The summed E-state index contributed by atoms with van der Waals surface area (Å²) in [4.78, 5) is 26.2. The summed E-state index contributed by atoms with van der Waals surface area (Å²) >= 11 is 0. The normalized spacial score (nSPS) is 28.3. The monoisotopic (exact) mass is 443 g/mol. The molecule has 168 valence electrons. The van der Waals surface area contributed by atoms with Gasteiger partial charge in [0.1, 0.15) is 5.82 Å².